The van der Waals surface area contributed by atoms with E-state index in [4.69, 9.17) is 0 Å². The molecular formula is C40H79NO3. The highest BCUT2D eigenvalue weighted by Crippen LogP contribution is 2.16. The molecule has 3 N–H and O–H groups in total. The van der Waals surface area contributed by atoms with E-state index in [1.807, 2.05) is 6.08 Å². The molecule has 0 aromatic rings. The molecule has 262 valence electrons. The van der Waals surface area contributed by atoms with Gasteiger partial charge in [-0.15, -0.1) is 0 Å². The predicted octanol–water partition coefficient (Wildman–Crippen LogP) is 11.6. The lowest BCUT2D eigenvalue weighted by Gasteiger charge is -2.20. The van der Waals surface area contributed by atoms with Crippen molar-refractivity contribution in [2.24, 2.45) is 11.8 Å². The minimum atomic E-state index is -0.834. The molecule has 0 aromatic carbocycles. The van der Waals surface area contributed by atoms with Crippen LogP contribution in [0.1, 0.15) is 207 Å². The van der Waals surface area contributed by atoms with Crippen LogP contribution in [0.15, 0.2) is 12.2 Å². The second kappa shape index (κ2) is 33.5. The van der Waals surface area contributed by atoms with Crippen molar-refractivity contribution in [2.45, 2.75) is 220 Å². The number of hydrogen-bond donors (Lipinski definition) is 3. The molecule has 0 bridgehead atoms. The third-order valence-electron chi connectivity index (χ3n) is 9.13. The molecule has 2 atom stereocenters. The molecule has 0 saturated heterocycles. The normalized spacial score (nSPS) is 13.4. The molecule has 0 fully saturated rings. The first-order valence-electron chi connectivity index (χ1n) is 19.6. The summed E-state index contributed by atoms with van der Waals surface area (Å²) in [6, 6.07) is -0.617. The molecule has 1 unspecified atom stereocenters. The first-order valence-corrected chi connectivity index (χ1v) is 19.6. The van der Waals surface area contributed by atoms with Gasteiger partial charge in [-0.1, -0.05) is 194 Å². The first kappa shape index (κ1) is 43.1. The third kappa shape index (κ3) is 32.5. The molecule has 0 aliphatic heterocycles. The Morgan fingerprint density at radius 1 is 0.545 bits per heavy atom. The van der Waals surface area contributed by atoms with Crippen LogP contribution < -0.4 is 5.32 Å². The van der Waals surface area contributed by atoms with Gasteiger partial charge in [0.15, 0.2) is 0 Å². The zero-order chi connectivity index (χ0) is 32.5. The van der Waals surface area contributed by atoms with Crippen molar-refractivity contribution in [2.75, 3.05) is 6.61 Å². The maximum Gasteiger partial charge on any atom is 0.220 e. The van der Waals surface area contributed by atoms with Crippen LogP contribution in [0.5, 0.6) is 0 Å². The summed E-state index contributed by atoms with van der Waals surface area (Å²) in [7, 11) is 0. The number of amides is 1. The first-order chi connectivity index (χ1) is 21.4. The Labute approximate surface area is 276 Å². The van der Waals surface area contributed by atoms with Gasteiger partial charge in [-0.25, -0.2) is 0 Å². The van der Waals surface area contributed by atoms with Gasteiger partial charge in [-0.2, -0.15) is 0 Å². The van der Waals surface area contributed by atoms with Gasteiger partial charge in [0.05, 0.1) is 18.8 Å². The topological polar surface area (TPSA) is 69.6 Å². The van der Waals surface area contributed by atoms with Crippen molar-refractivity contribution < 1.29 is 15.0 Å². The molecule has 0 rings (SSSR count). The molecule has 0 saturated carbocycles. The molecule has 0 radical (unpaired) electrons. The summed E-state index contributed by atoms with van der Waals surface area (Å²) in [6.45, 7) is 9.02. The third-order valence-corrected chi connectivity index (χ3v) is 9.13. The van der Waals surface area contributed by atoms with E-state index in [2.05, 4.69) is 33.0 Å². The second-order valence-electron chi connectivity index (χ2n) is 14.7. The van der Waals surface area contributed by atoms with Crippen LogP contribution in [0.3, 0.4) is 0 Å². The minimum absolute atomic E-state index is 0.0630. The fourth-order valence-electron chi connectivity index (χ4n) is 6.08. The van der Waals surface area contributed by atoms with Crippen molar-refractivity contribution >= 4 is 5.91 Å². The van der Waals surface area contributed by atoms with Crippen molar-refractivity contribution in [3.8, 4) is 0 Å². The summed E-state index contributed by atoms with van der Waals surface area (Å²) in [4.78, 5) is 12.3. The summed E-state index contributed by atoms with van der Waals surface area (Å²) in [5.41, 5.74) is 0. The summed E-state index contributed by atoms with van der Waals surface area (Å²) < 4.78 is 0. The highest BCUT2D eigenvalue weighted by Gasteiger charge is 2.17. The zero-order valence-electron chi connectivity index (χ0n) is 30.3. The number of hydrogen-bond acceptors (Lipinski definition) is 3. The number of unbranched alkanes of at least 4 members (excludes halogenated alkanes) is 23. The van der Waals surface area contributed by atoms with Gasteiger partial charge in [0.1, 0.15) is 0 Å². The van der Waals surface area contributed by atoms with Crippen LogP contribution in [0.4, 0.5) is 0 Å². The van der Waals surface area contributed by atoms with E-state index in [1.54, 1.807) is 6.08 Å². The van der Waals surface area contributed by atoms with Crippen LogP contribution in [-0.2, 0) is 4.79 Å². The van der Waals surface area contributed by atoms with Crippen LogP contribution in [-0.4, -0.2) is 34.9 Å². The summed E-state index contributed by atoms with van der Waals surface area (Å²) in [5, 5.41) is 22.9. The van der Waals surface area contributed by atoms with E-state index in [-0.39, 0.29) is 12.5 Å². The lowest BCUT2D eigenvalue weighted by Crippen LogP contribution is -2.45. The average molecular weight is 622 g/mol. The molecule has 0 spiro atoms. The van der Waals surface area contributed by atoms with Crippen LogP contribution >= 0.6 is 0 Å². The highest BCUT2D eigenvalue weighted by atomic mass is 16.3. The van der Waals surface area contributed by atoms with Crippen molar-refractivity contribution in [1.82, 2.24) is 5.32 Å². The van der Waals surface area contributed by atoms with E-state index in [0.29, 0.717) is 6.42 Å². The predicted molar refractivity (Wildman–Crippen MR) is 193 cm³/mol. The average Bonchev–Trinajstić information content (AvgIpc) is 2.99. The molecular weight excluding hydrogens is 542 g/mol. The monoisotopic (exact) mass is 622 g/mol. The van der Waals surface area contributed by atoms with Gasteiger partial charge in [0.25, 0.3) is 0 Å². The van der Waals surface area contributed by atoms with Crippen LogP contribution in [0.25, 0.3) is 0 Å². The van der Waals surface area contributed by atoms with Gasteiger partial charge in [0.2, 0.25) is 5.91 Å². The maximum atomic E-state index is 12.3. The summed E-state index contributed by atoms with van der Waals surface area (Å²) >= 11 is 0. The van der Waals surface area contributed by atoms with Gasteiger partial charge in [-0.3, -0.25) is 4.79 Å². The van der Waals surface area contributed by atoms with Gasteiger partial charge in [-0.05, 0) is 31.1 Å². The number of aliphatic hydroxyl groups excluding tert-OH is 2. The van der Waals surface area contributed by atoms with E-state index in [0.717, 1.165) is 37.5 Å². The zero-order valence-corrected chi connectivity index (χ0v) is 30.3. The Bertz CT molecular complexity index is 618. The Morgan fingerprint density at radius 2 is 0.886 bits per heavy atom. The van der Waals surface area contributed by atoms with Gasteiger partial charge < -0.3 is 15.5 Å². The number of rotatable bonds is 34. The largest absolute Gasteiger partial charge is 0.394 e. The van der Waals surface area contributed by atoms with E-state index >= 15 is 0 Å². The number of allylic oxidation sites excluding steroid dienone is 1. The second-order valence-corrected chi connectivity index (χ2v) is 14.7. The smallest absolute Gasteiger partial charge is 0.220 e. The van der Waals surface area contributed by atoms with Gasteiger partial charge in [0, 0.05) is 6.42 Å². The number of nitrogens with one attached hydrogen (secondary N) is 1. The van der Waals surface area contributed by atoms with Crippen LogP contribution in [0, 0.1) is 11.8 Å². The molecule has 0 heterocycles. The minimum Gasteiger partial charge on any atom is -0.394 e. The Kier molecular flexibility index (Phi) is 32.8. The lowest BCUT2D eigenvalue weighted by atomic mass is 10.0. The van der Waals surface area contributed by atoms with Gasteiger partial charge >= 0.3 is 0 Å². The fraction of sp³-hybridized carbons (Fsp3) is 0.925. The molecule has 0 aliphatic carbocycles. The van der Waals surface area contributed by atoms with Crippen molar-refractivity contribution in [3.05, 3.63) is 12.2 Å². The molecule has 4 heteroatoms. The SMILES string of the molecule is CC(C)CCCCCCCCCCCC/C=C/[C@@H](O)C(CO)NC(=O)CCCCCCCCCCCCCCCCC(C)C. The van der Waals surface area contributed by atoms with E-state index in [1.165, 1.54) is 148 Å². The lowest BCUT2D eigenvalue weighted by molar-refractivity contribution is -0.123. The Morgan fingerprint density at radius 3 is 1.25 bits per heavy atom. The molecule has 44 heavy (non-hydrogen) atoms. The molecule has 4 nitrogen and oxygen atoms in total. The van der Waals surface area contributed by atoms with Crippen molar-refractivity contribution in [1.29, 1.82) is 0 Å². The highest BCUT2D eigenvalue weighted by molar-refractivity contribution is 5.76. The molecule has 0 aromatic heterocycles. The van der Waals surface area contributed by atoms with Crippen LogP contribution in [0.2, 0.25) is 0 Å². The van der Waals surface area contributed by atoms with Crippen molar-refractivity contribution in [3.63, 3.8) is 0 Å². The van der Waals surface area contributed by atoms with E-state index < -0.39 is 12.1 Å². The number of aliphatic hydroxyl groups is 2. The Balaban J connectivity index is 3.58. The number of carbonyl (C=O) groups is 1. The quantitative estimate of drug-likeness (QED) is 0.0494. The number of carbonyl (C=O) groups excluding carboxylic acids is 1. The molecule has 0 aliphatic rings. The van der Waals surface area contributed by atoms with E-state index in [9.17, 15) is 15.0 Å². The maximum absolute atomic E-state index is 12.3. The summed E-state index contributed by atoms with van der Waals surface area (Å²) in [5.74, 6) is 1.64. The Hall–Kier alpha value is -0.870. The standard InChI is InChI=1S/C40H79NO3/c1-36(2)31-27-23-19-15-11-7-5-6-8-14-18-22-26-30-34-40(44)41-38(35-42)39(43)33-29-25-21-17-13-10-9-12-16-20-24-28-32-37(3)4/h29,33,36-39,42-43H,5-28,30-32,34-35H2,1-4H3,(H,41,44)/b33-29+/t38?,39-/m1/s1. The summed E-state index contributed by atoms with van der Waals surface area (Å²) in [6.07, 6.45) is 38.7. The molecule has 1 amide bonds. The fourth-order valence-corrected chi connectivity index (χ4v) is 6.08.